The maximum atomic E-state index is 8.84. The van der Waals surface area contributed by atoms with E-state index in [1.165, 1.54) is 0 Å². The van der Waals surface area contributed by atoms with Gasteiger partial charge in [0.15, 0.2) is 4.32 Å². The van der Waals surface area contributed by atoms with E-state index in [4.69, 9.17) is 5.26 Å². The van der Waals surface area contributed by atoms with Crippen LogP contribution in [-0.4, -0.2) is 5.33 Å². The van der Waals surface area contributed by atoms with Gasteiger partial charge in [0.2, 0.25) is 0 Å². The van der Waals surface area contributed by atoms with E-state index in [9.17, 15) is 0 Å². The molecule has 0 aliphatic heterocycles. The highest BCUT2D eigenvalue weighted by Gasteiger charge is 2.28. The highest BCUT2D eigenvalue weighted by molar-refractivity contribution is 9.12. The van der Waals surface area contributed by atoms with Gasteiger partial charge in [0, 0.05) is 10.2 Å². The summed E-state index contributed by atoms with van der Waals surface area (Å²) < 4.78 is -0.541. The van der Waals surface area contributed by atoms with Crippen molar-refractivity contribution < 1.29 is 0 Å². The van der Waals surface area contributed by atoms with Gasteiger partial charge in [-0.25, -0.2) is 0 Å². The zero-order chi connectivity index (χ0) is 8.32. The van der Waals surface area contributed by atoms with Crippen LogP contribution in [0.2, 0.25) is 0 Å². The predicted molar refractivity (Wildman–Crippen MR) is 54.3 cm³/mol. The van der Waals surface area contributed by atoms with Crippen LogP contribution in [0, 0.1) is 11.3 Å². The lowest BCUT2D eigenvalue weighted by atomic mass is 10.2. The molecule has 0 N–H and O–H groups in total. The van der Waals surface area contributed by atoms with Gasteiger partial charge in [-0.3, -0.25) is 0 Å². The number of nitrogens with zero attached hydrogens (tertiary/aromatic N) is 1. The minimum atomic E-state index is -0.541. The highest BCUT2D eigenvalue weighted by atomic mass is 79.9. The van der Waals surface area contributed by atoms with Crippen LogP contribution < -0.4 is 0 Å². The van der Waals surface area contributed by atoms with Crippen molar-refractivity contribution in [2.75, 3.05) is 5.33 Å². The van der Waals surface area contributed by atoms with Crippen LogP contribution >= 0.6 is 43.2 Å². The Morgan fingerprint density at radius 2 is 2.45 bits per heavy atom. The molecule has 0 spiro atoms. The Bertz CT molecular complexity index is 264. The number of thiophene rings is 1. The van der Waals surface area contributed by atoms with Gasteiger partial charge in [-0.05, 0) is 11.4 Å². The van der Waals surface area contributed by atoms with Crippen LogP contribution in [0.5, 0.6) is 0 Å². The normalized spacial score (nSPS) is 15.4. The molecule has 1 rings (SSSR count). The molecule has 0 amide bonds. The molecule has 58 valence electrons. The van der Waals surface area contributed by atoms with Crippen molar-refractivity contribution in [3.63, 3.8) is 0 Å². The summed E-state index contributed by atoms with van der Waals surface area (Å²) >= 11 is 8.24. The number of halogens is 2. The summed E-state index contributed by atoms with van der Waals surface area (Å²) in [6.45, 7) is 0. The Hall–Kier alpha value is 0.150. The average molecular weight is 295 g/mol. The van der Waals surface area contributed by atoms with Crippen LogP contribution in [0.3, 0.4) is 0 Å². The number of rotatable bonds is 2. The lowest BCUT2D eigenvalue weighted by molar-refractivity contribution is 0.970. The highest BCUT2D eigenvalue weighted by Crippen LogP contribution is 2.35. The van der Waals surface area contributed by atoms with Crippen LogP contribution in [0.4, 0.5) is 0 Å². The second kappa shape index (κ2) is 3.70. The largest absolute Gasteiger partial charge is 0.196 e. The Labute approximate surface area is 86.3 Å². The molecule has 0 aliphatic rings. The lowest BCUT2D eigenvalue weighted by Crippen LogP contribution is -2.14. The van der Waals surface area contributed by atoms with E-state index in [1.54, 1.807) is 11.3 Å². The summed E-state index contributed by atoms with van der Waals surface area (Å²) in [5, 5.41) is 11.4. The third-order valence-corrected chi connectivity index (χ3v) is 5.05. The molecule has 4 heteroatoms. The van der Waals surface area contributed by atoms with Crippen molar-refractivity contribution in [2.24, 2.45) is 0 Å². The predicted octanol–water partition coefficient (Wildman–Crippen LogP) is 3.26. The molecular weight excluding hydrogens is 290 g/mol. The first kappa shape index (κ1) is 9.24. The fourth-order valence-corrected chi connectivity index (χ4v) is 2.45. The number of hydrogen-bond acceptors (Lipinski definition) is 2. The van der Waals surface area contributed by atoms with Gasteiger partial charge in [-0.2, -0.15) is 5.26 Å². The van der Waals surface area contributed by atoms with Gasteiger partial charge < -0.3 is 0 Å². The average Bonchev–Trinajstić information content (AvgIpc) is 2.55. The molecule has 1 heterocycles. The summed E-state index contributed by atoms with van der Waals surface area (Å²) in [7, 11) is 0. The molecule has 1 unspecified atom stereocenters. The topological polar surface area (TPSA) is 23.8 Å². The first-order chi connectivity index (χ1) is 5.23. The molecule has 0 aromatic carbocycles. The molecule has 1 aromatic rings. The fourth-order valence-electron chi connectivity index (χ4n) is 0.655. The van der Waals surface area contributed by atoms with E-state index in [0.717, 1.165) is 4.88 Å². The van der Waals surface area contributed by atoms with Crippen LogP contribution in [-0.2, 0) is 4.32 Å². The van der Waals surface area contributed by atoms with Crippen molar-refractivity contribution in [3.8, 4) is 6.07 Å². The zero-order valence-corrected chi connectivity index (χ0v) is 9.54. The van der Waals surface area contributed by atoms with E-state index in [0.29, 0.717) is 5.33 Å². The standard InChI is InChI=1S/C7H5Br2NS/c8-4-7(9,5-10)6-2-1-3-11-6/h1-3H,4H2. The second-order valence-corrected chi connectivity index (χ2v) is 4.89. The number of hydrogen-bond donors (Lipinski definition) is 0. The molecule has 1 atom stereocenters. The molecule has 0 saturated carbocycles. The van der Waals surface area contributed by atoms with Crippen molar-refractivity contribution in [1.82, 2.24) is 0 Å². The van der Waals surface area contributed by atoms with Gasteiger partial charge in [0.05, 0.1) is 6.07 Å². The fraction of sp³-hybridized carbons (Fsp3) is 0.286. The minimum absolute atomic E-state index is 0.541. The van der Waals surface area contributed by atoms with Gasteiger partial charge >= 0.3 is 0 Å². The monoisotopic (exact) mass is 293 g/mol. The van der Waals surface area contributed by atoms with Crippen LogP contribution in [0.1, 0.15) is 4.88 Å². The van der Waals surface area contributed by atoms with E-state index in [1.807, 2.05) is 17.5 Å². The lowest BCUT2D eigenvalue weighted by Gasteiger charge is -2.12. The molecule has 0 radical (unpaired) electrons. The van der Waals surface area contributed by atoms with Gasteiger partial charge in [-0.1, -0.05) is 37.9 Å². The summed E-state index contributed by atoms with van der Waals surface area (Å²) in [6, 6.07) is 6.10. The van der Waals surface area contributed by atoms with Crippen molar-refractivity contribution in [1.29, 1.82) is 5.26 Å². The van der Waals surface area contributed by atoms with E-state index >= 15 is 0 Å². The Morgan fingerprint density at radius 1 is 1.73 bits per heavy atom. The maximum absolute atomic E-state index is 8.84. The SMILES string of the molecule is N#CC(Br)(CBr)c1cccs1. The van der Waals surface area contributed by atoms with E-state index in [2.05, 4.69) is 37.9 Å². The molecule has 0 bridgehead atoms. The van der Waals surface area contributed by atoms with Gasteiger partial charge in [0.25, 0.3) is 0 Å². The van der Waals surface area contributed by atoms with Gasteiger partial charge in [0.1, 0.15) is 0 Å². The summed E-state index contributed by atoms with van der Waals surface area (Å²) in [5.74, 6) is 0. The van der Waals surface area contributed by atoms with Crippen molar-refractivity contribution in [2.45, 2.75) is 4.32 Å². The van der Waals surface area contributed by atoms with Crippen molar-refractivity contribution >= 4 is 43.2 Å². The second-order valence-electron chi connectivity index (χ2n) is 2.02. The molecule has 0 saturated heterocycles. The molecule has 11 heavy (non-hydrogen) atoms. The molecule has 0 fully saturated rings. The maximum Gasteiger partial charge on any atom is 0.155 e. The first-order valence-electron chi connectivity index (χ1n) is 2.93. The number of alkyl halides is 2. The molecule has 1 aromatic heterocycles. The third kappa shape index (κ3) is 1.84. The third-order valence-electron chi connectivity index (χ3n) is 1.27. The molecule has 1 nitrogen and oxygen atoms in total. The minimum Gasteiger partial charge on any atom is -0.196 e. The quantitative estimate of drug-likeness (QED) is 0.768. The van der Waals surface area contributed by atoms with E-state index < -0.39 is 4.32 Å². The van der Waals surface area contributed by atoms with Crippen LogP contribution in [0.15, 0.2) is 17.5 Å². The van der Waals surface area contributed by atoms with Crippen molar-refractivity contribution in [3.05, 3.63) is 22.4 Å². The zero-order valence-electron chi connectivity index (χ0n) is 5.55. The first-order valence-corrected chi connectivity index (χ1v) is 5.72. The number of nitriles is 1. The summed E-state index contributed by atoms with van der Waals surface area (Å²) in [5.41, 5.74) is 0. The smallest absolute Gasteiger partial charge is 0.155 e. The Morgan fingerprint density at radius 3 is 2.82 bits per heavy atom. The van der Waals surface area contributed by atoms with Gasteiger partial charge in [-0.15, -0.1) is 11.3 Å². The molecule has 0 aliphatic carbocycles. The Kier molecular flexibility index (Phi) is 3.11. The summed E-state index contributed by atoms with van der Waals surface area (Å²) in [6.07, 6.45) is 0. The van der Waals surface area contributed by atoms with E-state index in [-0.39, 0.29) is 0 Å². The molecular formula is C7H5Br2NS. The summed E-state index contributed by atoms with van der Waals surface area (Å²) in [4.78, 5) is 1.04. The Balaban J connectivity index is 2.99. The van der Waals surface area contributed by atoms with Crippen LogP contribution in [0.25, 0.3) is 0 Å².